The number of carboxylic acids is 1. The normalized spacial score (nSPS) is 11.2. The summed E-state index contributed by atoms with van der Waals surface area (Å²) in [5.41, 5.74) is -0.0402. The number of ether oxygens (including phenoxy) is 1. The first-order valence-corrected chi connectivity index (χ1v) is 8.70. The van der Waals surface area contributed by atoms with Gasteiger partial charge in [-0.05, 0) is 43.7 Å². The Labute approximate surface area is 142 Å². The molecule has 116 valence electrons. The van der Waals surface area contributed by atoms with Gasteiger partial charge in [-0.25, -0.2) is 4.79 Å². The van der Waals surface area contributed by atoms with Crippen LogP contribution in [-0.2, 0) is 10.1 Å². The Hall–Kier alpha value is -1.46. The molecule has 3 nitrogen and oxygen atoms in total. The van der Waals surface area contributed by atoms with Gasteiger partial charge in [0.2, 0.25) is 0 Å². The van der Waals surface area contributed by atoms with Crippen LogP contribution in [0.4, 0.5) is 0 Å². The van der Waals surface area contributed by atoms with Crippen molar-refractivity contribution in [3.05, 3.63) is 54.1 Å². The minimum Gasteiger partial charge on any atom is -0.478 e. The first-order chi connectivity index (χ1) is 10.4. The molecular weight excluding hydrogens is 364 g/mol. The highest BCUT2D eigenvalue weighted by Crippen LogP contribution is 2.33. The Kier molecular flexibility index (Phi) is 5.53. The number of aliphatic carboxylic acids is 1. The second-order valence-corrected chi connectivity index (χ2v) is 6.91. The Bertz CT molecular complexity index is 670. The molecule has 22 heavy (non-hydrogen) atoms. The summed E-state index contributed by atoms with van der Waals surface area (Å²) in [5, 5.41) is 9.93. The summed E-state index contributed by atoms with van der Waals surface area (Å²) in [5.74, 6) is -0.441. The number of hydrogen-bond donors (Lipinski definition) is 1. The lowest BCUT2D eigenvalue weighted by Gasteiger charge is -2.21. The zero-order chi connectivity index (χ0) is 16.2. The van der Waals surface area contributed by atoms with E-state index in [0.29, 0.717) is 5.75 Å². The fourth-order valence-electron chi connectivity index (χ4n) is 1.78. The summed E-state index contributed by atoms with van der Waals surface area (Å²) in [4.78, 5) is 13.3. The topological polar surface area (TPSA) is 46.5 Å². The molecule has 0 amide bonds. The zero-order valence-corrected chi connectivity index (χ0v) is 14.8. The Morgan fingerprint density at radius 3 is 2.64 bits per heavy atom. The second-order valence-electron chi connectivity index (χ2n) is 5.24. The number of rotatable bonds is 6. The molecular formula is C17H17BrO3S. The van der Waals surface area contributed by atoms with Crippen LogP contribution in [0.5, 0.6) is 5.75 Å². The number of halogens is 1. The first kappa shape index (κ1) is 16.9. The van der Waals surface area contributed by atoms with E-state index in [1.54, 1.807) is 17.8 Å². The highest BCUT2D eigenvalue weighted by Gasteiger charge is 2.29. The van der Waals surface area contributed by atoms with Gasteiger partial charge in [0.05, 0.1) is 0 Å². The van der Waals surface area contributed by atoms with Crippen molar-refractivity contribution in [1.82, 2.24) is 0 Å². The maximum atomic E-state index is 11.1. The minimum atomic E-state index is -1.25. The van der Waals surface area contributed by atoms with Crippen molar-refractivity contribution in [2.45, 2.75) is 34.6 Å². The average molecular weight is 381 g/mol. The lowest BCUT2D eigenvalue weighted by atomic mass is 10.1. The van der Waals surface area contributed by atoms with E-state index in [1.165, 1.54) is 19.4 Å². The highest BCUT2D eigenvalue weighted by molar-refractivity contribution is 9.08. The fourth-order valence-corrected chi connectivity index (χ4v) is 3.45. The first-order valence-electron chi connectivity index (χ1n) is 6.76. The van der Waals surface area contributed by atoms with Crippen LogP contribution in [0.2, 0.25) is 0 Å². The molecule has 5 heteroatoms. The van der Waals surface area contributed by atoms with Gasteiger partial charge in [-0.1, -0.05) is 52.0 Å². The van der Waals surface area contributed by atoms with Crippen LogP contribution in [0.3, 0.4) is 0 Å². The van der Waals surface area contributed by atoms with E-state index in [9.17, 15) is 4.79 Å². The molecule has 0 spiro atoms. The quantitative estimate of drug-likeness (QED) is 0.718. The van der Waals surface area contributed by atoms with Crippen molar-refractivity contribution in [1.29, 1.82) is 0 Å². The number of hydrogen-bond acceptors (Lipinski definition) is 3. The largest absolute Gasteiger partial charge is 0.478 e. The summed E-state index contributed by atoms with van der Waals surface area (Å²) in [6.07, 6.45) is 0. The van der Waals surface area contributed by atoms with E-state index in [2.05, 4.69) is 28.1 Å². The molecule has 0 radical (unpaired) electrons. The molecule has 0 aliphatic heterocycles. The van der Waals surface area contributed by atoms with Crippen LogP contribution >= 0.6 is 27.7 Å². The number of carbonyl (C=O) groups is 1. The van der Waals surface area contributed by atoms with Crippen LogP contribution < -0.4 is 4.74 Å². The molecule has 2 aromatic carbocycles. The maximum absolute atomic E-state index is 11.1. The van der Waals surface area contributed by atoms with E-state index in [4.69, 9.17) is 9.84 Å². The standard InChI is InChI=1S/C17H17BrO3S/c1-17(2,16(19)20)21-13-7-5-8-14(10-13)22-15-9-4-3-6-12(15)11-18/h3-10H,11H2,1-2H3,(H,19,20). The molecule has 0 aliphatic rings. The maximum Gasteiger partial charge on any atom is 0.347 e. The van der Waals surface area contributed by atoms with Crippen LogP contribution in [0.25, 0.3) is 0 Å². The number of benzene rings is 2. The molecule has 0 fully saturated rings. The molecule has 0 saturated carbocycles. The van der Waals surface area contributed by atoms with Gasteiger partial charge in [0.1, 0.15) is 5.75 Å². The van der Waals surface area contributed by atoms with E-state index >= 15 is 0 Å². The Morgan fingerprint density at radius 1 is 1.23 bits per heavy atom. The van der Waals surface area contributed by atoms with Crippen LogP contribution in [0.15, 0.2) is 58.3 Å². The lowest BCUT2D eigenvalue weighted by molar-refractivity contribution is -0.152. The molecule has 0 aliphatic carbocycles. The molecule has 0 heterocycles. The van der Waals surface area contributed by atoms with Gasteiger partial charge >= 0.3 is 5.97 Å². The van der Waals surface area contributed by atoms with Crippen LogP contribution in [0, 0.1) is 0 Å². The van der Waals surface area contributed by atoms with Crippen LogP contribution in [0.1, 0.15) is 19.4 Å². The lowest BCUT2D eigenvalue weighted by Crippen LogP contribution is -2.37. The van der Waals surface area contributed by atoms with E-state index in [0.717, 1.165) is 15.1 Å². The molecule has 0 unspecified atom stereocenters. The summed E-state index contributed by atoms with van der Waals surface area (Å²) in [6, 6.07) is 15.6. The molecule has 0 saturated heterocycles. The van der Waals surface area contributed by atoms with Gasteiger partial charge in [-0.2, -0.15) is 0 Å². The monoisotopic (exact) mass is 380 g/mol. The predicted octanol–water partition coefficient (Wildman–Crippen LogP) is 4.97. The third kappa shape index (κ3) is 4.27. The highest BCUT2D eigenvalue weighted by atomic mass is 79.9. The number of carboxylic acid groups (broad SMARTS) is 1. The number of alkyl halides is 1. The zero-order valence-electron chi connectivity index (χ0n) is 12.4. The van der Waals surface area contributed by atoms with Gasteiger partial charge in [0.15, 0.2) is 5.60 Å². The Balaban J connectivity index is 2.20. The van der Waals surface area contributed by atoms with Gasteiger partial charge in [0, 0.05) is 15.1 Å². The van der Waals surface area contributed by atoms with Crippen molar-refractivity contribution < 1.29 is 14.6 Å². The second kappa shape index (κ2) is 7.20. The van der Waals surface area contributed by atoms with E-state index in [-0.39, 0.29) is 0 Å². The predicted molar refractivity (Wildman–Crippen MR) is 92.0 cm³/mol. The smallest absolute Gasteiger partial charge is 0.347 e. The summed E-state index contributed by atoms with van der Waals surface area (Å²) < 4.78 is 5.58. The minimum absolute atomic E-state index is 0.550. The molecule has 0 aromatic heterocycles. The van der Waals surface area contributed by atoms with Gasteiger partial charge < -0.3 is 9.84 Å². The van der Waals surface area contributed by atoms with Gasteiger partial charge in [0.25, 0.3) is 0 Å². The van der Waals surface area contributed by atoms with Gasteiger partial charge in [-0.15, -0.1) is 0 Å². The molecule has 2 rings (SSSR count). The van der Waals surface area contributed by atoms with Crippen molar-refractivity contribution in [2.24, 2.45) is 0 Å². The SMILES string of the molecule is CC(C)(Oc1cccc(Sc2ccccc2CBr)c1)C(=O)O. The fraction of sp³-hybridized carbons (Fsp3) is 0.235. The van der Waals surface area contributed by atoms with Crippen LogP contribution in [-0.4, -0.2) is 16.7 Å². The summed E-state index contributed by atoms with van der Waals surface area (Å²) >= 11 is 5.12. The third-order valence-electron chi connectivity index (χ3n) is 3.04. The van der Waals surface area contributed by atoms with Crippen molar-refractivity contribution in [2.75, 3.05) is 0 Å². The van der Waals surface area contributed by atoms with E-state index < -0.39 is 11.6 Å². The molecule has 0 atom stereocenters. The van der Waals surface area contributed by atoms with Crippen molar-refractivity contribution >= 4 is 33.7 Å². The average Bonchev–Trinajstić information content (AvgIpc) is 2.47. The summed E-state index contributed by atoms with van der Waals surface area (Å²) in [7, 11) is 0. The Morgan fingerprint density at radius 2 is 1.95 bits per heavy atom. The van der Waals surface area contributed by atoms with Crippen molar-refractivity contribution in [3.8, 4) is 5.75 Å². The van der Waals surface area contributed by atoms with Gasteiger partial charge in [-0.3, -0.25) is 0 Å². The van der Waals surface area contributed by atoms with Crippen molar-refractivity contribution in [3.63, 3.8) is 0 Å². The van der Waals surface area contributed by atoms with E-state index in [1.807, 2.05) is 30.3 Å². The molecule has 0 bridgehead atoms. The third-order valence-corrected chi connectivity index (χ3v) is 4.75. The molecule has 2 aromatic rings. The summed E-state index contributed by atoms with van der Waals surface area (Å²) in [6.45, 7) is 3.07. The molecule has 1 N–H and O–H groups in total.